The minimum absolute atomic E-state index is 0.427. The van der Waals surface area contributed by atoms with E-state index < -0.39 is 0 Å². The number of aryl methyl sites for hydroxylation is 1. The van der Waals surface area contributed by atoms with Gasteiger partial charge in [0.2, 0.25) is 0 Å². The Bertz CT molecular complexity index is 453. The molecular formula is C15H24N4O. The van der Waals surface area contributed by atoms with Gasteiger partial charge in [-0.15, -0.1) is 0 Å². The minimum Gasteiger partial charge on any atom is -0.372 e. The van der Waals surface area contributed by atoms with E-state index in [0.29, 0.717) is 12.2 Å². The van der Waals surface area contributed by atoms with Crippen molar-refractivity contribution in [2.75, 3.05) is 25.0 Å². The van der Waals surface area contributed by atoms with Gasteiger partial charge in [-0.3, -0.25) is 4.90 Å². The summed E-state index contributed by atoms with van der Waals surface area (Å²) in [6, 6.07) is 2.02. The predicted molar refractivity (Wildman–Crippen MR) is 78.7 cm³/mol. The molecule has 3 heterocycles. The van der Waals surface area contributed by atoms with Crippen molar-refractivity contribution in [2.24, 2.45) is 0 Å². The first-order valence-corrected chi connectivity index (χ1v) is 7.69. The number of anilines is 1. The van der Waals surface area contributed by atoms with Crippen molar-refractivity contribution in [1.82, 2.24) is 14.9 Å². The van der Waals surface area contributed by atoms with E-state index in [1.165, 1.54) is 12.8 Å². The number of nitrogens with one attached hydrogen (secondary N) is 1. The van der Waals surface area contributed by atoms with Gasteiger partial charge in [0.1, 0.15) is 11.6 Å². The Morgan fingerprint density at radius 1 is 1.30 bits per heavy atom. The van der Waals surface area contributed by atoms with Crippen LogP contribution in [-0.2, 0) is 11.3 Å². The number of aromatic nitrogens is 2. The molecule has 0 aromatic carbocycles. The lowest BCUT2D eigenvalue weighted by Gasteiger charge is -2.31. The summed E-state index contributed by atoms with van der Waals surface area (Å²) in [4.78, 5) is 11.6. The number of morpholine rings is 1. The molecule has 5 heteroatoms. The highest BCUT2D eigenvalue weighted by Gasteiger charge is 2.33. The van der Waals surface area contributed by atoms with Crippen molar-refractivity contribution in [3.8, 4) is 0 Å². The lowest BCUT2D eigenvalue weighted by atomic mass is 10.2. The first-order valence-electron chi connectivity index (χ1n) is 7.69. The first-order chi connectivity index (χ1) is 9.72. The van der Waals surface area contributed by atoms with Gasteiger partial charge in [0.15, 0.2) is 0 Å². The van der Waals surface area contributed by atoms with Crippen LogP contribution in [0.3, 0.4) is 0 Å². The maximum Gasteiger partial charge on any atom is 0.144 e. The molecule has 2 aliphatic rings. The minimum atomic E-state index is 0.427. The lowest BCUT2D eigenvalue weighted by molar-refractivity contribution is -0.0417. The van der Waals surface area contributed by atoms with Crippen LogP contribution in [0, 0.1) is 6.92 Å². The number of likely N-dealkylation sites (tertiary alicyclic amines) is 1. The van der Waals surface area contributed by atoms with E-state index >= 15 is 0 Å². The second-order valence-corrected chi connectivity index (χ2v) is 5.89. The van der Waals surface area contributed by atoms with Gasteiger partial charge < -0.3 is 10.1 Å². The normalized spacial score (nSPS) is 25.9. The van der Waals surface area contributed by atoms with Crippen LogP contribution in [0.4, 0.5) is 5.82 Å². The van der Waals surface area contributed by atoms with Crippen molar-refractivity contribution in [3.05, 3.63) is 17.6 Å². The molecule has 2 unspecified atom stereocenters. The zero-order valence-corrected chi connectivity index (χ0v) is 12.4. The molecule has 110 valence electrons. The summed E-state index contributed by atoms with van der Waals surface area (Å²) in [6.07, 6.45) is 4.37. The van der Waals surface area contributed by atoms with Crippen molar-refractivity contribution >= 4 is 5.82 Å². The van der Waals surface area contributed by atoms with Crippen LogP contribution in [0.1, 0.15) is 37.7 Å². The van der Waals surface area contributed by atoms with E-state index in [2.05, 4.69) is 27.1 Å². The molecule has 5 nitrogen and oxygen atoms in total. The number of hydrogen-bond acceptors (Lipinski definition) is 5. The Hall–Kier alpha value is -1.20. The van der Waals surface area contributed by atoms with Crippen molar-refractivity contribution < 1.29 is 4.74 Å². The maximum atomic E-state index is 5.87. The Morgan fingerprint density at radius 3 is 2.75 bits per heavy atom. The van der Waals surface area contributed by atoms with Crippen LogP contribution >= 0.6 is 0 Å². The highest BCUT2D eigenvalue weighted by Crippen LogP contribution is 2.26. The molecule has 1 N–H and O–H groups in total. The second-order valence-electron chi connectivity index (χ2n) is 5.89. The summed E-state index contributed by atoms with van der Waals surface area (Å²) in [6.45, 7) is 8.02. The lowest BCUT2D eigenvalue weighted by Crippen LogP contribution is -2.42. The van der Waals surface area contributed by atoms with Gasteiger partial charge in [-0.05, 0) is 26.2 Å². The van der Waals surface area contributed by atoms with Crippen LogP contribution in [0.25, 0.3) is 0 Å². The molecule has 2 aliphatic heterocycles. The topological polar surface area (TPSA) is 50.3 Å². The number of ether oxygens (including phenoxy) is 1. The molecule has 0 saturated carbocycles. The molecule has 0 spiro atoms. The fourth-order valence-electron chi connectivity index (χ4n) is 3.07. The van der Waals surface area contributed by atoms with E-state index in [9.17, 15) is 0 Å². The van der Waals surface area contributed by atoms with Crippen LogP contribution < -0.4 is 5.32 Å². The van der Waals surface area contributed by atoms with Gasteiger partial charge in [0.05, 0.1) is 18.8 Å². The molecule has 1 aromatic rings. The fourth-order valence-corrected chi connectivity index (χ4v) is 3.07. The molecule has 2 saturated heterocycles. The van der Waals surface area contributed by atoms with Crippen molar-refractivity contribution in [1.29, 1.82) is 0 Å². The van der Waals surface area contributed by atoms with Crippen LogP contribution in [0.15, 0.2) is 6.07 Å². The van der Waals surface area contributed by atoms with Gasteiger partial charge in [0.25, 0.3) is 0 Å². The molecule has 2 fully saturated rings. The number of fused-ring (bicyclic) bond motifs is 2. The zero-order chi connectivity index (χ0) is 13.9. The van der Waals surface area contributed by atoms with Crippen molar-refractivity contribution in [2.45, 2.75) is 51.9 Å². The predicted octanol–water partition coefficient (Wildman–Crippen LogP) is 1.97. The summed E-state index contributed by atoms with van der Waals surface area (Å²) in [5, 5.41) is 3.35. The molecule has 0 aliphatic carbocycles. The van der Waals surface area contributed by atoms with E-state index in [1.807, 2.05) is 13.0 Å². The summed E-state index contributed by atoms with van der Waals surface area (Å²) in [7, 11) is 0. The third kappa shape index (κ3) is 3.27. The maximum absolute atomic E-state index is 5.87. The third-order valence-electron chi connectivity index (χ3n) is 3.94. The average Bonchev–Trinajstić information content (AvgIpc) is 2.75. The number of rotatable bonds is 5. The third-order valence-corrected chi connectivity index (χ3v) is 3.94. The quantitative estimate of drug-likeness (QED) is 0.891. The van der Waals surface area contributed by atoms with Crippen LogP contribution in [0.5, 0.6) is 0 Å². The first kappa shape index (κ1) is 13.8. The highest BCUT2D eigenvalue weighted by molar-refractivity contribution is 5.35. The Labute approximate surface area is 120 Å². The molecule has 3 rings (SSSR count). The Morgan fingerprint density at radius 2 is 2.05 bits per heavy atom. The summed E-state index contributed by atoms with van der Waals surface area (Å²) in [5.74, 6) is 1.87. The number of hydrogen-bond donors (Lipinski definition) is 1. The summed E-state index contributed by atoms with van der Waals surface area (Å²) < 4.78 is 5.87. The number of nitrogens with zero attached hydrogens (tertiary/aromatic N) is 3. The van der Waals surface area contributed by atoms with Gasteiger partial charge in [0, 0.05) is 31.4 Å². The monoisotopic (exact) mass is 276 g/mol. The Kier molecular flexibility index (Phi) is 4.17. The largest absolute Gasteiger partial charge is 0.372 e. The standard InChI is InChI=1S/C15H24N4O/c1-3-6-16-14-7-11(2)17-15(18-14)10-19-8-12-4-5-13(9-19)20-12/h7,12-13H,3-6,8-10H2,1-2H3,(H,16,17,18). The summed E-state index contributed by atoms with van der Waals surface area (Å²) >= 11 is 0. The fraction of sp³-hybridized carbons (Fsp3) is 0.733. The molecule has 0 radical (unpaired) electrons. The average molecular weight is 276 g/mol. The zero-order valence-electron chi connectivity index (χ0n) is 12.4. The molecule has 20 heavy (non-hydrogen) atoms. The molecular weight excluding hydrogens is 252 g/mol. The van der Waals surface area contributed by atoms with Gasteiger partial charge >= 0.3 is 0 Å². The van der Waals surface area contributed by atoms with Gasteiger partial charge in [-0.2, -0.15) is 0 Å². The Balaban J connectivity index is 1.65. The SMILES string of the molecule is CCCNc1cc(C)nc(CN2CC3CCC(C2)O3)n1. The smallest absolute Gasteiger partial charge is 0.144 e. The van der Waals surface area contributed by atoms with E-state index in [4.69, 9.17) is 4.74 Å². The van der Waals surface area contributed by atoms with Crippen LogP contribution in [0.2, 0.25) is 0 Å². The van der Waals surface area contributed by atoms with E-state index in [1.54, 1.807) is 0 Å². The van der Waals surface area contributed by atoms with E-state index in [0.717, 1.165) is 49.9 Å². The molecule has 0 amide bonds. The summed E-state index contributed by atoms with van der Waals surface area (Å²) in [5.41, 5.74) is 1.03. The second kappa shape index (κ2) is 6.06. The van der Waals surface area contributed by atoms with Crippen molar-refractivity contribution in [3.63, 3.8) is 0 Å². The van der Waals surface area contributed by atoms with E-state index in [-0.39, 0.29) is 0 Å². The van der Waals surface area contributed by atoms with Gasteiger partial charge in [-0.1, -0.05) is 6.92 Å². The van der Waals surface area contributed by atoms with Crippen LogP contribution in [-0.4, -0.2) is 46.7 Å². The van der Waals surface area contributed by atoms with Gasteiger partial charge in [-0.25, -0.2) is 9.97 Å². The molecule has 2 atom stereocenters. The molecule has 2 bridgehead atoms. The highest BCUT2D eigenvalue weighted by atomic mass is 16.5. The molecule has 1 aromatic heterocycles.